The summed E-state index contributed by atoms with van der Waals surface area (Å²) in [7, 11) is -0.351. The molecule has 0 unspecified atom stereocenters. The van der Waals surface area contributed by atoms with Crippen LogP contribution in [-0.4, -0.2) is 14.2 Å². The third-order valence-electron chi connectivity index (χ3n) is 3.25. The lowest BCUT2D eigenvalue weighted by Crippen LogP contribution is -2.01. The molecular weight excluding hydrogens is 335 g/mol. The molecule has 0 aliphatic carbocycles. The fourth-order valence-electron chi connectivity index (χ4n) is 2.09. The summed E-state index contributed by atoms with van der Waals surface area (Å²) in [5.41, 5.74) is 1.20. The second-order valence-electron chi connectivity index (χ2n) is 4.53. The maximum atomic E-state index is 12.4. The van der Waals surface area contributed by atoms with Gasteiger partial charge in [-0.3, -0.25) is 4.57 Å². The summed E-state index contributed by atoms with van der Waals surface area (Å²) in [6.45, 7) is 0. The van der Waals surface area contributed by atoms with Gasteiger partial charge in [0, 0.05) is 28.9 Å². The van der Waals surface area contributed by atoms with Crippen LogP contribution in [0.1, 0.15) is 0 Å². The van der Waals surface area contributed by atoms with E-state index in [4.69, 9.17) is 9.05 Å². The van der Waals surface area contributed by atoms with E-state index in [1.54, 1.807) is 11.3 Å². The quantitative estimate of drug-likeness (QED) is 0.589. The molecule has 0 spiro atoms. The van der Waals surface area contributed by atoms with Gasteiger partial charge < -0.3 is 9.05 Å². The van der Waals surface area contributed by atoms with Crippen molar-refractivity contribution in [3.05, 3.63) is 54.6 Å². The molecule has 0 radical (unpaired) electrons. The molecule has 2 heterocycles. The predicted octanol–water partition coefficient (Wildman–Crippen LogP) is 5.25. The van der Waals surface area contributed by atoms with Crippen molar-refractivity contribution < 1.29 is 13.6 Å². The standard InChI is InChI=1S/C16H15O3PS2/c1-18-20(17,19-2)16-11-10-15(22-16)14-9-8-13(21-14)12-6-4-3-5-7-12/h3-11H,1-2H3. The second-order valence-corrected chi connectivity index (χ2v) is 9.21. The lowest BCUT2D eigenvalue weighted by molar-refractivity contribution is 0.288. The molecule has 0 amide bonds. The molecule has 3 aromatic rings. The van der Waals surface area contributed by atoms with Gasteiger partial charge in [0.15, 0.2) is 0 Å². The fourth-order valence-corrected chi connectivity index (χ4v) is 5.89. The van der Waals surface area contributed by atoms with Crippen molar-refractivity contribution >= 4 is 34.9 Å². The van der Waals surface area contributed by atoms with Crippen molar-refractivity contribution in [1.82, 2.24) is 0 Å². The molecule has 0 aliphatic rings. The molecule has 2 aromatic heterocycles. The van der Waals surface area contributed by atoms with Gasteiger partial charge in [-0.2, -0.15) is 0 Å². The lowest BCUT2D eigenvalue weighted by Gasteiger charge is -2.10. The van der Waals surface area contributed by atoms with Crippen LogP contribution in [0.15, 0.2) is 54.6 Å². The first-order chi connectivity index (χ1) is 10.7. The van der Waals surface area contributed by atoms with Gasteiger partial charge >= 0.3 is 7.60 Å². The van der Waals surface area contributed by atoms with E-state index in [-0.39, 0.29) is 0 Å². The molecule has 0 atom stereocenters. The van der Waals surface area contributed by atoms with Gasteiger partial charge in [-0.05, 0) is 29.8 Å². The Balaban J connectivity index is 1.92. The summed E-state index contributed by atoms with van der Waals surface area (Å²) < 4.78 is 23.1. The predicted molar refractivity (Wildman–Crippen MR) is 94.3 cm³/mol. The summed E-state index contributed by atoms with van der Waals surface area (Å²) in [5, 5.41) is 0. The van der Waals surface area contributed by atoms with Gasteiger partial charge in [-0.25, -0.2) is 0 Å². The third kappa shape index (κ3) is 2.96. The summed E-state index contributed by atoms with van der Waals surface area (Å²) in [5.74, 6) is 0. The molecular formula is C16H15O3PS2. The van der Waals surface area contributed by atoms with Crippen molar-refractivity contribution in [2.24, 2.45) is 0 Å². The van der Waals surface area contributed by atoms with Gasteiger partial charge in [0.2, 0.25) is 0 Å². The Labute approximate surface area is 137 Å². The number of thiophene rings is 2. The largest absolute Gasteiger partial charge is 0.370 e. The Hall–Kier alpha value is -1.23. The van der Waals surface area contributed by atoms with Gasteiger partial charge in [-0.1, -0.05) is 30.3 Å². The van der Waals surface area contributed by atoms with Crippen LogP contribution in [0.4, 0.5) is 0 Å². The van der Waals surface area contributed by atoms with E-state index in [0.717, 1.165) is 9.75 Å². The highest BCUT2D eigenvalue weighted by molar-refractivity contribution is 7.69. The summed E-state index contributed by atoms with van der Waals surface area (Å²) in [6.07, 6.45) is 0. The molecule has 0 fully saturated rings. The van der Waals surface area contributed by atoms with Crippen LogP contribution in [0.5, 0.6) is 0 Å². The van der Waals surface area contributed by atoms with Crippen molar-refractivity contribution in [3.8, 4) is 20.2 Å². The van der Waals surface area contributed by atoms with Crippen LogP contribution in [-0.2, 0) is 13.6 Å². The highest BCUT2D eigenvalue weighted by atomic mass is 32.1. The van der Waals surface area contributed by atoms with Gasteiger partial charge in [0.25, 0.3) is 0 Å². The molecule has 3 nitrogen and oxygen atoms in total. The van der Waals surface area contributed by atoms with Crippen LogP contribution < -0.4 is 4.62 Å². The molecule has 1 aromatic carbocycles. The first-order valence-electron chi connectivity index (χ1n) is 6.64. The lowest BCUT2D eigenvalue weighted by atomic mass is 10.2. The molecule has 0 N–H and O–H groups in total. The third-order valence-corrected chi connectivity index (χ3v) is 8.06. The Bertz CT molecular complexity index is 800. The van der Waals surface area contributed by atoms with E-state index < -0.39 is 7.60 Å². The number of benzene rings is 1. The minimum Gasteiger partial charge on any atom is -0.308 e. The zero-order valence-corrected chi connectivity index (χ0v) is 14.7. The van der Waals surface area contributed by atoms with E-state index in [9.17, 15) is 4.57 Å². The van der Waals surface area contributed by atoms with Gasteiger partial charge in [-0.15, -0.1) is 22.7 Å². The average molecular weight is 350 g/mol. The normalized spacial score (nSPS) is 11.7. The second kappa shape index (κ2) is 6.49. The highest BCUT2D eigenvalue weighted by Gasteiger charge is 2.26. The minimum atomic E-state index is -3.16. The summed E-state index contributed by atoms with van der Waals surface area (Å²) in [4.78, 5) is 3.43. The van der Waals surface area contributed by atoms with E-state index in [1.807, 2.05) is 30.3 Å². The zero-order chi connectivity index (χ0) is 15.6. The Morgan fingerprint density at radius 2 is 1.36 bits per heavy atom. The molecule has 22 heavy (non-hydrogen) atoms. The summed E-state index contributed by atoms with van der Waals surface area (Å²) >= 11 is 3.17. The molecule has 6 heteroatoms. The maximum absolute atomic E-state index is 12.4. The molecule has 114 valence electrons. The van der Waals surface area contributed by atoms with Crippen molar-refractivity contribution in [2.75, 3.05) is 14.2 Å². The number of rotatable bonds is 5. The van der Waals surface area contributed by atoms with E-state index in [0.29, 0.717) is 4.62 Å². The monoisotopic (exact) mass is 350 g/mol. The number of hydrogen-bond acceptors (Lipinski definition) is 5. The Morgan fingerprint density at radius 1 is 0.773 bits per heavy atom. The minimum absolute atomic E-state index is 0.627. The van der Waals surface area contributed by atoms with Crippen LogP contribution >= 0.6 is 30.3 Å². The van der Waals surface area contributed by atoms with E-state index in [1.165, 1.54) is 36.0 Å². The Kier molecular flexibility index (Phi) is 4.62. The van der Waals surface area contributed by atoms with Gasteiger partial charge in [0.05, 0.1) is 0 Å². The highest BCUT2D eigenvalue weighted by Crippen LogP contribution is 2.48. The molecule has 0 aliphatic heterocycles. The topological polar surface area (TPSA) is 35.5 Å². The molecule has 0 saturated carbocycles. The fraction of sp³-hybridized carbons (Fsp3) is 0.125. The maximum Gasteiger partial charge on any atom is 0.370 e. The van der Waals surface area contributed by atoms with Crippen LogP contribution in [0.3, 0.4) is 0 Å². The molecule has 0 saturated heterocycles. The first kappa shape index (κ1) is 15.7. The van der Waals surface area contributed by atoms with Gasteiger partial charge in [0.1, 0.15) is 4.62 Å². The van der Waals surface area contributed by atoms with Crippen LogP contribution in [0.2, 0.25) is 0 Å². The molecule has 3 rings (SSSR count). The van der Waals surface area contributed by atoms with E-state index >= 15 is 0 Å². The Morgan fingerprint density at radius 3 is 2.05 bits per heavy atom. The van der Waals surface area contributed by atoms with Crippen molar-refractivity contribution in [1.29, 1.82) is 0 Å². The van der Waals surface area contributed by atoms with Crippen LogP contribution in [0.25, 0.3) is 20.2 Å². The van der Waals surface area contributed by atoms with Crippen molar-refractivity contribution in [2.45, 2.75) is 0 Å². The smallest absolute Gasteiger partial charge is 0.308 e. The number of hydrogen-bond donors (Lipinski definition) is 0. The van der Waals surface area contributed by atoms with E-state index in [2.05, 4.69) is 24.3 Å². The SMILES string of the molecule is COP(=O)(OC)c1ccc(-c2ccc(-c3ccccc3)s2)s1. The first-order valence-corrected chi connectivity index (χ1v) is 9.81. The summed E-state index contributed by atoms with van der Waals surface area (Å²) in [6, 6.07) is 18.3. The zero-order valence-electron chi connectivity index (χ0n) is 12.2. The van der Waals surface area contributed by atoms with Crippen LogP contribution in [0, 0.1) is 0 Å². The van der Waals surface area contributed by atoms with Crippen molar-refractivity contribution in [3.63, 3.8) is 0 Å². The molecule has 0 bridgehead atoms. The average Bonchev–Trinajstić information content (AvgIpc) is 3.24.